The van der Waals surface area contributed by atoms with Crippen LogP contribution in [0.25, 0.3) is 11.3 Å². The van der Waals surface area contributed by atoms with Crippen LogP contribution < -0.4 is 16.2 Å². The Bertz CT molecular complexity index is 1020. The van der Waals surface area contributed by atoms with Gasteiger partial charge in [0.1, 0.15) is 17.7 Å². The Labute approximate surface area is 164 Å². The molecule has 0 bridgehead atoms. The van der Waals surface area contributed by atoms with Crippen molar-refractivity contribution in [2.45, 2.75) is 25.4 Å². The van der Waals surface area contributed by atoms with Crippen molar-refractivity contribution in [1.29, 1.82) is 0 Å². The van der Waals surface area contributed by atoms with Crippen LogP contribution in [0.3, 0.4) is 0 Å². The molecule has 1 aliphatic heterocycles. The number of hydrogen-bond donors (Lipinski definition) is 3. The highest BCUT2D eigenvalue weighted by molar-refractivity contribution is 7.09. The normalized spacial score (nSPS) is 19.0. The minimum absolute atomic E-state index is 0.239. The standard InChI is InChI=1S/C20H18F2N4OS/c1-11-23-19(10-28-11)14-4-2-3-5-16(14)24-20(27)18-9-17(25-26-18)13-7-6-12(21)8-15(13)22/h2-8,10,17-18,25-26H,9H2,1H3,(H,24,27). The molecular formula is C20H18F2N4OS. The highest BCUT2D eigenvalue weighted by Crippen LogP contribution is 2.30. The maximum Gasteiger partial charge on any atom is 0.242 e. The molecule has 2 heterocycles. The van der Waals surface area contributed by atoms with E-state index in [1.165, 1.54) is 12.1 Å². The summed E-state index contributed by atoms with van der Waals surface area (Å²) in [4.78, 5) is 17.2. The molecule has 1 saturated heterocycles. The van der Waals surface area contributed by atoms with Crippen LogP contribution in [0.15, 0.2) is 47.8 Å². The number of nitrogens with zero attached hydrogens (tertiary/aromatic N) is 1. The quantitative estimate of drug-likeness (QED) is 0.621. The van der Waals surface area contributed by atoms with E-state index in [4.69, 9.17) is 0 Å². The SMILES string of the molecule is Cc1nc(-c2ccccc2NC(=O)C2CC(c3ccc(F)cc3F)NN2)cs1. The van der Waals surface area contributed by atoms with E-state index in [1.54, 1.807) is 11.3 Å². The number of halogens is 2. The maximum absolute atomic E-state index is 14.0. The fourth-order valence-electron chi connectivity index (χ4n) is 3.24. The molecule has 2 aromatic carbocycles. The highest BCUT2D eigenvalue weighted by Gasteiger charge is 2.32. The van der Waals surface area contributed by atoms with Gasteiger partial charge in [-0.15, -0.1) is 11.3 Å². The largest absolute Gasteiger partial charge is 0.324 e. The third kappa shape index (κ3) is 3.80. The van der Waals surface area contributed by atoms with E-state index in [9.17, 15) is 13.6 Å². The number of hydrazine groups is 1. The number of nitrogens with one attached hydrogen (secondary N) is 3. The van der Waals surface area contributed by atoms with E-state index in [0.717, 1.165) is 22.3 Å². The molecule has 4 rings (SSSR count). The summed E-state index contributed by atoms with van der Waals surface area (Å²) in [5.74, 6) is -1.50. The Morgan fingerprint density at radius 3 is 2.79 bits per heavy atom. The van der Waals surface area contributed by atoms with Gasteiger partial charge in [0.2, 0.25) is 5.91 Å². The fraction of sp³-hybridized carbons (Fsp3) is 0.200. The van der Waals surface area contributed by atoms with Crippen molar-refractivity contribution in [2.75, 3.05) is 5.32 Å². The number of aromatic nitrogens is 1. The Kier molecular flexibility index (Phi) is 5.17. The maximum atomic E-state index is 14.0. The Hall–Kier alpha value is -2.68. The van der Waals surface area contributed by atoms with Crippen molar-refractivity contribution in [1.82, 2.24) is 15.8 Å². The zero-order valence-corrected chi connectivity index (χ0v) is 15.8. The predicted molar refractivity (Wildman–Crippen MR) is 105 cm³/mol. The van der Waals surface area contributed by atoms with Gasteiger partial charge in [-0.05, 0) is 25.5 Å². The van der Waals surface area contributed by atoms with Gasteiger partial charge in [0.15, 0.2) is 0 Å². The average molecular weight is 400 g/mol. The molecule has 0 aliphatic carbocycles. The number of amides is 1. The zero-order chi connectivity index (χ0) is 19.7. The van der Waals surface area contributed by atoms with Crippen LogP contribution in [-0.4, -0.2) is 16.9 Å². The number of anilines is 1. The molecule has 144 valence electrons. The highest BCUT2D eigenvalue weighted by atomic mass is 32.1. The number of carbonyl (C=O) groups is 1. The van der Waals surface area contributed by atoms with Gasteiger partial charge in [-0.3, -0.25) is 4.79 Å². The molecule has 0 saturated carbocycles. The Morgan fingerprint density at radius 2 is 2.04 bits per heavy atom. The number of para-hydroxylation sites is 1. The third-order valence-electron chi connectivity index (χ3n) is 4.64. The van der Waals surface area contributed by atoms with Crippen molar-refractivity contribution >= 4 is 22.9 Å². The number of thiazole rings is 1. The number of aryl methyl sites for hydroxylation is 1. The molecule has 5 nitrogen and oxygen atoms in total. The molecule has 2 unspecified atom stereocenters. The lowest BCUT2D eigenvalue weighted by molar-refractivity contribution is -0.117. The van der Waals surface area contributed by atoms with Gasteiger partial charge >= 0.3 is 0 Å². The van der Waals surface area contributed by atoms with E-state index in [1.807, 2.05) is 36.6 Å². The summed E-state index contributed by atoms with van der Waals surface area (Å²) in [7, 11) is 0. The zero-order valence-electron chi connectivity index (χ0n) is 15.0. The topological polar surface area (TPSA) is 66.0 Å². The van der Waals surface area contributed by atoms with Crippen LogP contribution in [0, 0.1) is 18.6 Å². The molecule has 2 atom stereocenters. The fourth-order valence-corrected chi connectivity index (χ4v) is 3.85. The predicted octanol–water partition coefficient (Wildman–Crippen LogP) is 3.94. The number of carbonyl (C=O) groups excluding carboxylic acids is 1. The summed E-state index contributed by atoms with van der Waals surface area (Å²) in [6, 6.07) is 9.92. The lowest BCUT2D eigenvalue weighted by Crippen LogP contribution is -2.39. The Balaban J connectivity index is 1.48. The summed E-state index contributed by atoms with van der Waals surface area (Å²) in [5.41, 5.74) is 8.44. The molecule has 3 N–H and O–H groups in total. The summed E-state index contributed by atoms with van der Waals surface area (Å²) < 4.78 is 27.1. The van der Waals surface area contributed by atoms with Gasteiger partial charge in [-0.1, -0.05) is 24.3 Å². The average Bonchev–Trinajstić information content (AvgIpc) is 3.31. The van der Waals surface area contributed by atoms with Gasteiger partial charge < -0.3 is 5.32 Å². The van der Waals surface area contributed by atoms with Crippen molar-refractivity contribution < 1.29 is 13.6 Å². The molecule has 8 heteroatoms. The first kappa shape index (κ1) is 18.7. The van der Waals surface area contributed by atoms with E-state index in [0.29, 0.717) is 17.7 Å². The molecule has 0 radical (unpaired) electrons. The number of hydrogen-bond acceptors (Lipinski definition) is 5. The third-order valence-corrected chi connectivity index (χ3v) is 5.41. The second kappa shape index (κ2) is 7.75. The first-order valence-electron chi connectivity index (χ1n) is 8.79. The lowest BCUT2D eigenvalue weighted by atomic mass is 10.0. The monoisotopic (exact) mass is 400 g/mol. The lowest BCUT2D eigenvalue weighted by Gasteiger charge is -2.13. The molecule has 1 amide bonds. The van der Waals surface area contributed by atoms with E-state index in [-0.39, 0.29) is 5.91 Å². The first-order valence-corrected chi connectivity index (χ1v) is 9.67. The molecule has 1 aliphatic rings. The molecule has 3 aromatic rings. The van der Waals surface area contributed by atoms with E-state index >= 15 is 0 Å². The van der Waals surface area contributed by atoms with Crippen molar-refractivity contribution in [3.05, 3.63) is 70.1 Å². The van der Waals surface area contributed by atoms with Gasteiger partial charge in [0.25, 0.3) is 0 Å². The van der Waals surface area contributed by atoms with Crippen LogP contribution >= 0.6 is 11.3 Å². The second-order valence-corrected chi connectivity index (χ2v) is 7.64. The van der Waals surface area contributed by atoms with Crippen molar-refractivity contribution in [2.24, 2.45) is 0 Å². The molecule has 0 spiro atoms. The summed E-state index contributed by atoms with van der Waals surface area (Å²) in [6.07, 6.45) is 0.340. The van der Waals surface area contributed by atoms with E-state index in [2.05, 4.69) is 21.2 Å². The van der Waals surface area contributed by atoms with Crippen molar-refractivity contribution in [3.8, 4) is 11.3 Å². The minimum atomic E-state index is -0.635. The summed E-state index contributed by atoms with van der Waals surface area (Å²) >= 11 is 1.54. The van der Waals surface area contributed by atoms with Crippen LogP contribution in [0.1, 0.15) is 23.0 Å². The van der Waals surface area contributed by atoms with Gasteiger partial charge in [-0.2, -0.15) is 0 Å². The van der Waals surface area contributed by atoms with Crippen LogP contribution in [0.2, 0.25) is 0 Å². The minimum Gasteiger partial charge on any atom is -0.324 e. The molecular weight excluding hydrogens is 382 g/mol. The van der Waals surface area contributed by atoms with E-state index < -0.39 is 23.7 Å². The summed E-state index contributed by atoms with van der Waals surface area (Å²) in [5, 5.41) is 5.82. The summed E-state index contributed by atoms with van der Waals surface area (Å²) in [6.45, 7) is 1.93. The van der Waals surface area contributed by atoms with Gasteiger partial charge in [0, 0.05) is 22.6 Å². The van der Waals surface area contributed by atoms with Gasteiger partial charge in [0.05, 0.1) is 22.4 Å². The number of benzene rings is 2. The van der Waals surface area contributed by atoms with Gasteiger partial charge in [-0.25, -0.2) is 24.6 Å². The molecule has 1 fully saturated rings. The molecule has 1 aromatic heterocycles. The smallest absolute Gasteiger partial charge is 0.242 e. The molecule has 28 heavy (non-hydrogen) atoms. The van der Waals surface area contributed by atoms with Crippen LogP contribution in [0.4, 0.5) is 14.5 Å². The Morgan fingerprint density at radius 1 is 1.21 bits per heavy atom. The van der Waals surface area contributed by atoms with Crippen molar-refractivity contribution in [3.63, 3.8) is 0 Å². The van der Waals surface area contributed by atoms with Crippen LogP contribution in [-0.2, 0) is 4.79 Å². The van der Waals surface area contributed by atoms with Crippen LogP contribution in [0.5, 0.6) is 0 Å². The second-order valence-electron chi connectivity index (χ2n) is 6.58. The first-order chi connectivity index (χ1) is 13.5. The number of rotatable bonds is 4.